The second-order valence-electron chi connectivity index (χ2n) is 8.01. The van der Waals surface area contributed by atoms with Crippen LogP contribution in [0.5, 0.6) is 0 Å². The van der Waals surface area contributed by atoms with Gasteiger partial charge in [-0.15, -0.1) is 24.8 Å². The first kappa shape index (κ1) is 23.7. The van der Waals surface area contributed by atoms with Gasteiger partial charge in [0.2, 0.25) is 0 Å². The molecule has 148 valence electrons. The Hall–Kier alpha value is -0.365. The summed E-state index contributed by atoms with van der Waals surface area (Å²) in [5.74, 6) is -0.209. The number of benzene rings is 1. The van der Waals surface area contributed by atoms with Gasteiger partial charge in [-0.1, -0.05) is 6.07 Å². The third-order valence-electron chi connectivity index (χ3n) is 5.60. The molecule has 2 aliphatic rings. The van der Waals surface area contributed by atoms with Crippen LogP contribution in [0.3, 0.4) is 0 Å². The highest BCUT2D eigenvalue weighted by Gasteiger charge is 2.52. The number of halogens is 3. The molecular weight excluding hydrogens is 377 g/mol. The lowest BCUT2D eigenvalue weighted by molar-refractivity contribution is 0.00578. The molecule has 0 N–H and O–H groups in total. The Bertz CT molecular complexity index is 595. The van der Waals surface area contributed by atoms with E-state index in [1.807, 2.05) is 33.8 Å². The lowest BCUT2D eigenvalue weighted by Crippen LogP contribution is -2.45. The Labute approximate surface area is 169 Å². The van der Waals surface area contributed by atoms with Crippen LogP contribution in [-0.2, 0) is 15.9 Å². The van der Waals surface area contributed by atoms with Crippen LogP contribution < -0.4 is 5.46 Å². The van der Waals surface area contributed by atoms with Gasteiger partial charge in [0, 0.05) is 32.7 Å². The van der Waals surface area contributed by atoms with Gasteiger partial charge >= 0.3 is 7.12 Å². The molecule has 1 aromatic carbocycles. The minimum absolute atomic E-state index is 0. The fourth-order valence-electron chi connectivity index (χ4n) is 3.16. The molecule has 0 saturated carbocycles. The van der Waals surface area contributed by atoms with Crippen LogP contribution in [0.4, 0.5) is 4.39 Å². The first-order valence-electron chi connectivity index (χ1n) is 8.73. The van der Waals surface area contributed by atoms with Crippen LogP contribution >= 0.6 is 24.8 Å². The second-order valence-corrected chi connectivity index (χ2v) is 8.01. The molecule has 0 radical (unpaired) electrons. The summed E-state index contributed by atoms with van der Waals surface area (Å²) in [5, 5.41) is 0. The van der Waals surface area contributed by atoms with Crippen LogP contribution in [-0.4, -0.2) is 61.3 Å². The minimum atomic E-state index is -0.446. The molecule has 0 bridgehead atoms. The Morgan fingerprint density at radius 3 is 2.08 bits per heavy atom. The maximum absolute atomic E-state index is 13.8. The maximum atomic E-state index is 13.8. The number of piperazine rings is 1. The SMILES string of the molecule is CN1CCN(Cc2cc(F)ccc2B2OC(C)(C)C(C)(C)O2)CC1.Cl.Cl. The third-order valence-corrected chi connectivity index (χ3v) is 5.60. The van der Waals surface area contributed by atoms with Crippen molar-refractivity contribution in [2.45, 2.75) is 45.4 Å². The van der Waals surface area contributed by atoms with Crippen molar-refractivity contribution in [3.8, 4) is 0 Å². The Balaban J connectivity index is 0.00000169. The molecule has 1 aromatic rings. The normalized spacial score (nSPS) is 22.6. The van der Waals surface area contributed by atoms with Gasteiger partial charge in [-0.2, -0.15) is 0 Å². The maximum Gasteiger partial charge on any atom is 0.495 e. The molecule has 0 amide bonds. The van der Waals surface area contributed by atoms with Gasteiger partial charge in [0.05, 0.1) is 11.2 Å². The summed E-state index contributed by atoms with van der Waals surface area (Å²) in [5.41, 5.74) is 1.11. The predicted octanol–water partition coefficient (Wildman–Crippen LogP) is 2.72. The molecular formula is C18H30BCl2FN2O2. The van der Waals surface area contributed by atoms with E-state index in [2.05, 4.69) is 16.8 Å². The molecule has 26 heavy (non-hydrogen) atoms. The van der Waals surface area contributed by atoms with Gasteiger partial charge in [-0.3, -0.25) is 4.90 Å². The average molecular weight is 407 g/mol. The fourth-order valence-corrected chi connectivity index (χ4v) is 3.16. The van der Waals surface area contributed by atoms with Crippen LogP contribution in [0, 0.1) is 5.82 Å². The van der Waals surface area contributed by atoms with E-state index in [1.165, 1.54) is 6.07 Å². The molecule has 4 nitrogen and oxygen atoms in total. The van der Waals surface area contributed by atoms with Crippen molar-refractivity contribution in [1.82, 2.24) is 9.80 Å². The number of hydrogen-bond acceptors (Lipinski definition) is 4. The van der Waals surface area contributed by atoms with Crippen LogP contribution in [0.2, 0.25) is 0 Å². The molecule has 2 saturated heterocycles. The van der Waals surface area contributed by atoms with Gasteiger partial charge < -0.3 is 14.2 Å². The van der Waals surface area contributed by atoms with E-state index in [-0.39, 0.29) is 30.6 Å². The van der Waals surface area contributed by atoms with E-state index < -0.39 is 18.3 Å². The highest BCUT2D eigenvalue weighted by atomic mass is 35.5. The lowest BCUT2D eigenvalue weighted by atomic mass is 9.75. The minimum Gasteiger partial charge on any atom is -0.399 e. The zero-order chi connectivity index (χ0) is 17.5. The predicted molar refractivity (Wildman–Crippen MR) is 109 cm³/mol. The van der Waals surface area contributed by atoms with Crippen molar-refractivity contribution >= 4 is 37.4 Å². The third kappa shape index (κ3) is 4.92. The number of likely N-dealkylation sites (N-methyl/N-ethyl adjacent to an activating group) is 1. The van der Waals surface area contributed by atoms with Gasteiger partial charge in [0.1, 0.15) is 5.82 Å². The largest absolute Gasteiger partial charge is 0.495 e. The molecule has 3 rings (SSSR count). The summed E-state index contributed by atoms with van der Waals surface area (Å²) in [6.07, 6.45) is 0. The zero-order valence-electron chi connectivity index (χ0n) is 16.3. The zero-order valence-corrected chi connectivity index (χ0v) is 17.9. The molecule has 0 spiro atoms. The molecule has 0 aliphatic carbocycles. The van der Waals surface area contributed by atoms with Gasteiger partial charge in [-0.25, -0.2) is 4.39 Å². The van der Waals surface area contributed by atoms with E-state index in [9.17, 15) is 4.39 Å². The van der Waals surface area contributed by atoms with E-state index in [4.69, 9.17) is 9.31 Å². The summed E-state index contributed by atoms with van der Waals surface area (Å²) in [7, 11) is 1.69. The van der Waals surface area contributed by atoms with Crippen LogP contribution in [0.1, 0.15) is 33.3 Å². The summed E-state index contributed by atoms with van der Waals surface area (Å²) in [6.45, 7) is 13.0. The Morgan fingerprint density at radius 2 is 1.54 bits per heavy atom. The summed E-state index contributed by atoms with van der Waals surface area (Å²) in [6, 6.07) is 4.93. The molecule has 2 fully saturated rings. The Kier molecular flexibility index (Phi) is 7.98. The molecule has 0 atom stereocenters. The van der Waals surface area contributed by atoms with E-state index >= 15 is 0 Å². The van der Waals surface area contributed by atoms with Gasteiger partial charge in [0.15, 0.2) is 0 Å². The van der Waals surface area contributed by atoms with E-state index in [0.29, 0.717) is 0 Å². The van der Waals surface area contributed by atoms with E-state index in [1.54, 1.807) is 6.07 Å². The first-order valence-corrected chi connectivity index (χ1v) is 8.73. The van der Waals surface area contributed by atoms with Crippen molar-refractivity contribution in [1.29, 1.82) is 0 Å². The summed E-state index contributed by atoms with van der Waals surface area (Å²) in [4.78, 5) is 4.68. The average Bonchev–Trinajstić information content (AvgIpc) is 2.70. The Morgan fingerprint density at radius 1 is 1.00 bits per heavy atom. The van der Waals surface area contributed by atoms with Gasteiger partial charge in [0.25, 0.3) is 0 Å². The molecule has 2 aliphatic heterocycles. The number of nitrogens with zero attached hydrogens (tertiary/aromatic N) is 2. The first-order chi connectivity index (χ1) is 11.2. The van der Waals surface area contributed by atoms with Crippen LogP contribution in [0.25, 0.3) is 0 Å². The molecule has 2 heterocycles. The lowest BCUT2D eigenvalue weighted by Gasteiger charge is -2.32. The highest BCUT2D eigenvalue weighted by molar-refractivity contribution is 6.62. The standard InChI is InChI=1S/C18H28BFN2O2.2ClH/c1-17(2)18(3,4)24-19(23-17)16-7-6-15(20)12-14(16)13-22-10-8-21(5)9-11-22;;/h6-7,12H,8-11,13H2,1-5H3;2*1H. The molecule has 0 aromatic heterocycles. The summed E-state index contributed by atoms with van der Waals surface area (Å²) >= 11 is 0. The monoisotopic (exact) mass is 406 g/mol. The number of hydrogen-bond donors (Lipinski definition) is 0. The molecule has 8 heteroatoms. The van der Waals surface area contributed by atoms with Crippen molar-refractivity contribution in [3.63, 3.8) is 0 Å². The second kappa shape index (κ2) is 8.76. The number of rotatable bonds is 3. The van der Waals surface area contributed by atoms with Crippen molar-refractivity contribution < 1.29 is 13.7 Å². The van der Waals surface area contributed by atoms with Crippen molar-refractivity contribution in [3.05, 3.63) is 29.6 Å². The smallest absolute Gasteiger partial charge is 0.399 e. The van der Waals surface area contributed by atoms with Crippen molar-refractivity contribution in [2.24, 2.45) is 0 Å². The highest BCUT2D eigenvalue weighted by Crippen LogP contribution is 2.36. The quantitative estimate of drug-likeness (QED) is 0.720. The van der Waals surface area contributed by atoms with E-state index in [0.717, 1.165) is 43.8 Å². The van der Waals surface area contributed by atoms with Crippen LogP contribution in [0.15, 0.2) is 18.2 Å². The topological polar surface area (TPSA) is 24.9 Å². The summed E-state index contributed by atoms with van der Waals surface area (Å²) < 4.78 is 26.2. The fraction of sp³-hybridized carbons (Fsp3) is 0.667. The van der Waals surface area contributed by atoms with Crippen molar-refractivity contribution in [2.75, 3.05) is 33.2 Å². The van der Waals surface area contributed by atoms with Gasteiger partial charge in [-0.05, 0) is 57.9 Å². The molecule has 0 unspecified atom stereocenters.